The van der Waals surface area contributed by atoms with Crippen LogP contribution in [0.3, 0.4) is 0 Å². The number of hydrogen-bond acceptors (Lipinski definition) is 4. The summed E-state index contributed by atoms with van der Waals surface area (Å²) < 4.78 is 41.0. The number of nitrogens with one attached hydrogen (secondary N) is 1. The number of ether oxygens (including phenoxy) is 1. The first-order valence-corrected chi connectivity index (χ1v) is 4.16. The molecule has 0 spiro atoms. The molecule has 0 saturated heterocycles. The number of aromatic nitrogens is 2. The van der Waals surface area contributed by atoms with E-state index in [1.165, 1.54) is 6.07 Å². The average Bonchev–Trinajstić information content (AvgIpc) is 2.16. The SMILES string of the molecule is CNc1cc(OC(C)C(F)(F)F)ncn1. The van der Waals surface area contributed by atoms with Gasteiger partial charge in [-0.2, -0.15) is 13.2 Å². The summed E-state index contributed by atoms with van der Waals surface area (Å²) in [6, 6.07) is 1.29. The van der Waals surface area contributed by atoms with E-state index in [9.17, 15) is 13.2 Å². The highest BCUT2D eigenvalue weighted by atomic mass is 19.4. The Kier molecular flexibility index (Phi) is 3.33. The van der Waals surface area contributed by atoms with Crippen molar-refractivity contribution in [1.29, 1.82) is 0 Å². The fourth-order valence-corrected chi connectivity index (χ4v) is 0.789. The molecule has 0 aromatic carbocycles. The fraction of sp³-hybridized carbons (Fsp3) is 0.500. The fourth-order valence-electron chi connectivity index (χ4n) is 0.789. The molecular formula is C8H10F3N3O. The van der Waals surface area contributed by atoms with Gasteiger partial charge in [0.05, 0.1) is 0 Å². The minimum absolute atomic E-state index is 0.112. The Bertz CT molecular complexity index is 329. The van der Waals surface area contributed by atoms with Gasteiger partial charge < -0.3 is 10.1 Å². The van der Waals surface area contributed by atoms with Crippen molar-refractivity contribution in [3.8, 4) is 5.88 Å². The topological polar surface area (TPSA) is 47.0 Å². The molecule has 15 heavy (non-hydrogen) atoms. The quantitative estimate of drug-likeness (QED) is 0.846. The third-order valence-electron chi connectivity index (χ3n) is 1.66. The predicted octanol–water partition coefficient (Wildman–Crippen LogP) is 1.85. The number of anilines is 1. The van der Waals surface area contributed by atoms with E-state index in [0.29, 0.717) is 5.82 Å². The molecule has 0 aliphatic carbocycles. The van der Waals surface area contributed by atoms with E-state index in [0.717, 1.165) is 13.3 Å². The minimum atomic E-state index is -4.40. The standard InChI is InChI=1S/C8H10F3N3O/c1-5(8(9,10)11)15-7-3-6(12-2)13-4-14-7/h3-5H,1-2H3,(H,12,13,14). The van der Waals surface area contributed by atoms with Crippen LogP contribution in [0.2, 0.25) is 0 Å². The summed E-state index contributed by atoms with van der Waals surface area (Å²) in [7, 11) is 1.60. The molecule has 7 heteroatoms. The van der Waals surface area contributed by atoms with Crippen molar-refractivity contribution >= 4 is 5.82 Å². The molecule has 1 N–H and O–H groups in total. The maximum Gasteiger partial charge on any atom is 0.425 e. The van der Waals surface area contributed by atoms with Crippen LogP contribution in [0.1, 0.15) is 6.92 Å². The molecule has 4 nitrogen and oxygen atoms in total. The van der Waals surface area contributed by atoms with E-state index in [-0.39, 0.29) is 5.88 Å². The molecule has 0 bridgehead atoms. The van der Waals surface area contributed by atoms with Gasteiger partial charge in [0.1, 0.15) is 12.1 Å². The average molecular weight is 221 g/mol. The summed E-state index contributed by atoms with van der Waals surface area (Å²) >= 11 is 0. The Balaban J connectivity index is 2.72. The lowest BCUT2D eigenvalue weighted by molar-refractivity contribution is -0.189. The van der Waals surface area contributed by atoms with Crippen molar-refractivity contribution in [2.75, 3.05) is 12.4 Å². The lowest BCUT2D eigenvalue weighted by Crippen LogP contribution is -2.31. The highest BCUT2D eigenvalue weighted by Crippen LogP contribution is 2.24. The molecule has 0 aliphatic heterocycles. The maximum atomic E-state index is 12.1. The van der Waals surface area contributed by atoms with E-state index in [2.05, 4.69) is 20.0 Å². The van der Waals surface area contributed by atoms with Crippen LogP contribution in [0.5, 0.6) is 5.88 Å². The first kappa shape index (κ1) is 11.5. The normalized spacial score (nSPS) is 13.4. The molecule has 1 aromatic rings. The van der Waals surface area contributed by atoms with Gasteiger partial charge in [-0.1, -0.05) is 0 Å². The van der Waals surface area contributed by atoms with Gasteiger partial charge >= 0.3 is 6.18 Å². The summed E-state index contributed by atoms with van der Waals surface area (Å²) in [4.78, 5) is 7.31. The molecule has 0 aliphatic rings. The minimum Gasteiger partial charge on any atom is -0.465 e. The second-order valence-corrected chi connectivity index (χ2v) is 2.79. The monoisotopic (exact) mass is 221 g/mol. The van der Waals surface area contributed by atoms with Crippen molar-refractivity contribution in [1.82, 2.24) is 9.97 Å². The van der Waals surface area contributed by atoms with Gasteiger partial charge in [-0.15, -0.1) is 0 Å². The molecule has 0 fully saturated rings. The summed E-state index contributed by atoms with van der Waals surface area (Å²) in [5.74, 6) is 0.286. The van der Waals surface area contributed by atoms with Gasteiger partial charge in [0, 0.05) is 13.1 Å². The predicted molar refractivity (Wildman–Crippen MR) is 47.7 cm³/mol. The summed E-state index contributed by atoms with van der Waals surface area (Å²) in [5.41, 5.74) is 0. The number of hydrogen-bond donors (Lipinski definition) is 1. The van der Waals surface area contributed by atoms with Crippen LogP contribution in [0.15, 0.2) is 12.4 Å². The Morgan fingerprint density at radius 3 is 2.60 bits per heavy atom. The van der Waals surface area contributed by atoms with Crippen LogP contribution >= 0.6 is 0 Å². The highest BCUT2D eigenvalue weighted by Gasteiger charge is 2.38. The van der Waals surface area contributed by atoms with Gasteiger partial charge in [0.15, 0.2) is 6.10 Å². The van der Waals surface area contributed by atoms with Gasteiger partial charge in [-0.05, 0) is 6.92 Å². The highest BCUT2D eigenvalue weighted by molar-refractivity contribution is 5.36. The molecule has 1 aromatic heterocycles. The molecule has 0 radical (unpaired) electrons. The van der Waals surface area contributed by atoms with Crippen molar-refractivity contribution in [3.63, 3.8) is 0 Å². The lowest BCUT2D eigenvalue weighted by atomic mass is 10.4. The van der Waals surface area contributed by atoms with E-state index in [4.69, 9.17) is 0 Å². The van der Waals surface area contributed by atoms with Crippen LogP contribution in [0.4, 0.5) is 19.0 Å². The molecule has 84 valence electrons. The zero-order valence-electron chi connectivity index (χ0n) is 8.17. The van der Waals surface area contributed by atoms with Crippen molar-refractivity contribution in [3.05, 3.63) is 12.4 Å². The van der Waals surface area contributed by atoms with Crippen molar-refractivity contribution < 1.29 is 17.9 Å². The van der Waals surface area contributed by atoms with Crippen LogP contribution in [0, 0.1) is 0 Å². The number of nitrogens with zero attached hydrogens (tertiary/aromatic N) is 2. The molecule has 1 unspecified atom stereocenters. The first-order valence-electron chi connectivity index (χ1n) is 4.16. The largest absolute Gasteiger partial charge is 0.465 e. The van der Waals surface area contributed by atoms with Crippen LogP contribution < -0.4 is 10.1 Å². The van der Waals surface area contributed by atoms with Crippen LogP contribution in [0.25, 0.3) is 0 Å². The smallest absolute Gasteiger partial charge is 0.425 e. The molecule has 0 amide bonds. The van der Waals surface area contributed by atoms with Crippen molar-refractivity contribution in [2.24, 2.45) is 0 Å². The number of alkyl halides is 3. The Hall–Kier alpha value is -1.53. The van der Waals surface area contributed by atoms with Gasteiger partial charge in [-0.25, -0.2) is 9.97 Å². The third kappa shape index (κ3) is 3.26. The van der Waals surface area contributed by atoms with E-state index < -0.39 is 12.3 Å². The van der Waals surface area contributed by atoms with E-state index in [1.54, 1.807) is 7.05 Å². The van der Waals surface area contributed by atoms with Gasteiger partial charge in [-0.3, -0.25) is 0 Å². The maximum absolute atomic E-state index is 12.1. The molecule has 1 atom stereocenters. The van der Waals surface area contributed by atoms with Crippen LogP contribution in [-0.4, -0.2) is 29.3 Å². The van der Waals surface area contributed by atoms with Gasteiger partial charge in [0.25, 0.3) is 0 Å². The molecule has 1 heterocycles. The second-order valence-electron chi connectivity index (χ2n) is 2.79. The van der Waals surface area contributed by atoms with Gasteiger partial charge in [0.2, 0.25) is 5.88 Å². The van der Waals surface area contributed by atoms with E-state index in [1.807, 2.05) is 0 Å². The van der Waals surface area contributed by atoms with E-state index >= 15 is 0 Å². The molecular weight excluding hydrogens is 211 g/mol. The molecule has 1 rings (SSSR count). The lowest BCUT2D eigenvalue weighted by Gasteiger charge is -2.16. The molecule has 0 saturated carbocycles. The second kappa shape index (κ2) is 4.33. The van der Waals surface area contributed by atoms with Crippen LogP contribution in [-0.2, 0) is 0 Å². The number of rotatable bonds is 3. The summed E-state index contributed by atoms with van der Waals surface area (Å²) in [6.45, 7) is 0.918. The third-order valence-corrected chi connectivity index (χ3v) is 1.66. The Morgan fingerprint density at radius 2 is 2.07 bits per heavy atom. The summed E-state index contributed by atoms with van der Waals surface area (Å²) in [5, 5.41) is 2.67. The zero-order valence-corrected chi connectivity index (χ0v) is 8.17. The zero-order chi connectivity index (χ0) is 11.5. The summed E-state index contributed by atoms with van der Waals surface area (Å²) in [6.07, 6.45) is -5.16. The number of halogens is 3. The van der Waals surface area contributed by atoms with Crippen molar-refractivity contribution in [2.45, 2.75) is 19.2 Å². The Morgan fingerprint density at radius 1 is 1.40 bits per heavy atom. The first-order chi connectivity index (χ1) is 6.93. The Labute approximate surface area is 84.5 Å².